The van der Waals surface area contributed by atoms with Crippen molar-refractivity contribution in [2.24, 2.45) is 5.92 Å². The molecule has 5 heteroatoms. The monoisotopic (exact) mass is 447 g/mol. The molecule has 2 unspecified atom stereocenters. The maximum absolute atomic E-state index is 13.7. The van der Waals surface area contributed by atoms with E-state index in [1.54, 1.807) is 12.1 Å². The molecule has 0 spiro atoms. The largest absolute Gasteiger partial charge is 0.473 e. The molecule has 2 atom stereocenters. The van der Waals surface area contributed by atoms with Crippen LogP contribution in [-0.4, -0.2) is 4.98 Å². The molecule has 2 aromatic carbocycles. The highest BCUT2D eigenvalue weighted by molar-refractivity contribution is 5.88. The number of ether oxygens (including phenoxy) is 1. The lowest BCUT2D eigenvalue weighted by Gasteiger charge is -2.18. The highest BCUT2D eigenvalue weighted by Crippen LogP contribution is 2.56. The van der Waals surface area contributed by atoms with Crippen LogP contribution in [0.3, 0.4) is 0 Å². The van der Waals surface area contributed by atoms with Crippen LogP contribution in [0.2, 0.25) is 0 Å². The van der Waals surface area contributed by atoms with Crippen molar-refractivity contribution in [3.63, 3.8) is 0 Å². The number of nitrogens with zero attached hydrogens (tertiary/aromatic N) is 1. The number of alkyl halides is 3. The number of benzene rings is 2. The Balaban J connectivity index is 1.30. The van der Waals surface area contributed by atoms with Crippen molar-refractivity contribution in [1.29, 1.82) is 0 Å². The van der Waals surface area contributed by atoms with Gasteiger partial charge in [0.05, 0.1) is 5.56 Å². The Kier molecular flexibility index (Phi) is 4.33. The van der Waals surface area contributed by atoms with Gasteiger partial charge < -0.3 is 4.74 Å². The van der Waals surface area contributed by atoms with E-state index in [1.807, 2.05) is 50.4 Å². The Morgan fingerprint density at radius 3 is 2.70 bits per heavy atom. The number of hydrogen-bond donors (Lipinski definition) is 0. The minimum absolute atomic E-state index is 0.216. The molecule has 1 heterocycles. The third kappa shape index (κ3) is 3.45. The molecule has 0 saturated heterocycles. The molecule has 3 aromatic rings. The number of fused-ring (bicyclic) bond motifs is 4. The van der Waals surface area contributed by atoms with E-state index in [0.717, 1.165) is 35.1 Å². The van der Waals surface area contributed by atoms with Gasteiger partial charge in [0.25, 0.3) is 0 Å². The standard InChI is InChI=1S/C28H24F3NO/c1-27(2)13-22(19-5-3-4-6-25(19)28(29,30)31)21-9-16(7-8-24(21)27)15-33-26-12-18-10-17-11-20(17)23(18)14-32-26/h3-9,12-14,17,20H,10-11,15H2,1-2H3. The predicted octanol–water partition coefficient (Wildman–Crippen LogP) is 7.06. The number of aromatic nitrogens is 1. The van der Waals surface area contributed by atoms with E-state index in [9.17, 15) is 13.2 Å². The van der Waals surface area contributed by atoms with Crippen LogP contribution in [0.25, 0.3) is 5.57 Å². The highest BCUT2D eigenvalue weighted by Gasteiger charge is 2.45. The molecule has 0 N–H and O–H groups in total. The van der Waals surface area contributed by atoms with Crippen LogP contribution >= 0.6 is 0 Å². The van der Waals surface area contributed by atoms with Gasteiger partial charge in [-0.15, -0.1) is 0 Å². The third-order valence-electron chi connectivity index (χ3n) is 7.29. The van der Waals surface area contributed by atoms with E-state index in [1.165, 1.54) is 23.6 Å². The first-order chi connectivity index (χ1) is 15.7. The Labute approximate surface area is 191 Å². The first-order valence-corrected chi connectivity index (χ1v) is 11.4. The van der Waals surface area contributed by atoms with Gasteiger partial charge in [-0.05, 0) is 75.8 Å². The van der Waals surface area contributed by atoms with Gasteiger partial charge in [0, 0.05) is 17.7 Å². The zero-order valence-electron chi connectivity index (χ0n) is 18.5. The molecule has 33 heavy (non-hydrogen) atoms. The van der Waals surface area contributed by atoms with Crippen molar-refractivity contribution in [1.82, 2.24) is 4.98 Å². The average molecular weight is 448 g/mol. The summed E-state index contributed by atoms with van der Waals surface area (Å²) in [5.41, 5.74) is 5.34. The van der Waals surface area contributed by atoms with Crippen LogP contribution < -0.4 is 4.74 Å². The molecule has 2 nitrogen and oxygen atoms in total. The fourth-order valence-corrected chi connectivity index (χ4v) is 5.54. The van der Waals surface area contributed by atoms with Crippen LogP contribution in [0, 0.1) is 5.92 Å². The molecule has 1 saturated carbocycles. The molecule has 1 aromatic heterocycles. The van der Waals surface area contributed by atoms with Gasteiger partial charge in [0.2, 0.25) is 5.88 Å². The molecular weight excluding hydrogens is 423 g/mol. The zero-order chi connectivity index (χ0) is 23.0. The maximum atomic E-state index is 13.7. The van der Waals surface area contributed by atoms with Crippen molar-refractivity contribution < 1.29 is 17.9 Å². The van der Waals surface area contributed by atoms with Crippen molar-refractivity contribution in [2.45, 2.75) is 50.8 Å². The van der Waals surface area contributed by atoms with Crippen LogP contribution in [0.1, 0.15) is 65.1 Å². The smallest absolute Gasteiger partial charge is 0.417 e. The Morgan fingerprint density at radius 1 is 1.06 bits per heavy atom. The minimum atomic E-state index is -4.41. The summed E-state index contributed by atoms with van der Waals surface area (Å²) in [6.45, 7) is 4.38. The second-order valence-electron chi connectivity index (χ2n) is 10.0. The zero-order valence-corrected chi connectivity index (χ0v) is 18.5. The van der Waals surface area contributed by atoms with E-state index >= 15 is 0 Å². The van der Waals surface area contributed by atoms with Gasteiger partial charge in [-0.2, -0.15) is 13.2 Å². The van der Waals surface area contributed by atoms with E-state index < -0.39 is 11.7 Å². The van der Waals surface area contributed by atoms with Crippen LogP contribution in [-0.2, 0) is 24.6 Å². The lowest BCUT2D eigenvalue weighted by molar-refractivity contribution is -0.137. The fraction of sp³-hybridized carbons (Fsp3) is 0.321. The summed E-state index contributed by atoms with van der Waals surface area (Å²) in [5, 5.41) is 0. The van der Waals surface area contributed by atoms with Crippen molar-refractivity contribution in [3.8, 4) is 5.88 Å². The van der Waals surface area contributed by atoms with Crippen molar-refractivity contribution in [2.75, 3.05) is 0 Å². The van der Waals surface area contributed by atoms with Gasteiger partial charge >= 0.3 is 6.18 Å². The quantitative estimate of drug-likeness (QED) is 0.427. The summed E-state index contributed by atoms with van der Waals surface area (Å²) in [6.07, 6.45) is 1.88. The molecule has 3 aliphatic rings. The second-order valence-corrected chi connectivity index (χ2v) is 10.0. The summed E-state index contributed by atoms with van der Waals surface area (Å²) in [7, 11) is 0. The van der Waals surface area contributed by atoms with Crippen LogP contribution in [0.4, 0.5) is 13.2 Å². The summed E-state index contributed by atoms with van der Waals surface area (Å²) < 4.78 is 47.2. The summed E-state index contributed by atoms with van der Waals surface area (Å²) in [4.78, 5) is 4.48. The second kappa shape index (κ2) is 6.96. The first kappa shape index (κ1) is 20.5. The van der Waals surface area contributed by atoms with E-state index in [4.69, 9.17) is 4.74 Å². The summed E-state index contributed by atoms with van der Waals surface area (Å²) in [5.74, 6) is 2.10. The third-order valence-corrected chi connectivity index (χ3v) is 7.29. The van der Waals surface area contributed by atoms with Crippen molar-refractivity contribution >= 4 is 5.57 Å². The molecular formula is C28H24F3NO. The van der Waals surface area contributed by atoms with Gasteiger partial charge in [-0.1, -0.05) is 50.3 Å². The number of pyridine rings is 1. The predicted molar refractivity (Wildman–Crippen MR) is 121 cm³/mol. The summed E-state index contributed by atoms with van der Waals surface area (Å²) >= 11 is 0. The molecule has 168 valence electrons. The first-order valence-electron chi connectivity index (χ1n) is 11.4. The van der Waals surface area contributed by atoms with Crippen molar-refractivity contribution in [3.05, 3.63) is 99.7 Å². The number of halogens is 3. The van der Waals surface area contributed by atoms with E-state index in [0.29, 0.717) is 24.0 Å². The molecule has 0 aliphatic heterocycles. The SMILES string of the molecule is CC1(C)C=C(c2ccccc2C(F)(F)F)c2cc(COc3cc4c(cn3)C3CC3C4)ccc21. The number of allylic oxidation sites excluding steroid dienone is 1. The Morgan fingerprint density at radius 2 is 1.88 bits per heavy atom. The highest BCUT2D eigenvalue weighted by atomic mass is 19.4. The van der Waals surface area contributed by atoms with Crippen LogP contribution in [0.5, 0.6) is 5.88 Å². The lowest BCUT2D eigenvalue weighted by atomic mass is 9.86. The summed E-state index contributed by atoms with van der Waals surface area (Å²) in [6, 6.07) is 13.8. The molecule has 0 radical (unpaired) electrons. The average Bonchev–Trinajstić information content (AvgIpc) is 3.37. The topological polar surface area (TPSA) is 22.1 Å². The number of rotatable bonds is 4. The van der Waals surface area contributed by atoms with Gasteiger partial charge in [-0.25, -0.2) is 4.98 Å². The lowest BCUT2D eigenvalue weighted by Crippen LogP contribution is -2.10. The molecule has 0 bridgehead atoms. The molecule has 6 rings (SSSR count). The van der Waals surface area contributed by atoms with Gasteiger partial charge in [-0.3, -0.25) is 0 Å². The molecule has 3 aliphatic carbocycles. The van der Waals surface area contributed by atoms with Gasteiger partial charge in [0.15, 0.2) is 0 Å². The van der Waals surface area contributed by atoms with E-state index in [2.05, 4.69) is 4.98 Å². The Hall–Kier alpha value is -3.08. The fourth-order valence-electron chi connectivity index (χ4n) is 5.54. The van der Waals surface area contributed by atoms with Gasteiger partial charge in [0.1, 0.15) is 6.61 Å². The molecule has 1 fully saturated rings. The van der Waals surface area contributed by atoms with Crippen LogP contribution in [0.15, 0.2) is 60.8 Å². The number of hydrogen-bond acceptors (Lipinski definition) is 2. The van der Waals surface area contributed by atoms with E-state index in [-0.39, 0.29) is 11.0 Å². The maximum Gasteiger partial charge on any atom is 0.417 e. The molecule has 0 amide bonds. The minimum Gasteiger partial charge on any atom is -0.473 e. The Bertz CT molecular complexity index is 1300. The normalized spacial score (nSPS) is 21.8.